The normalized spacial score (nSPS) is 10.7. The highest BCUT2D eigenvalue weighted by atomic mass is 32.1. The molecule has 2 aromatic carbocycles. The van der Waals surface area contributed by atoms with Crippen molar-refractivity contribution in [3.05, 3.63) is 53.1 Å². The van der Waals surface area contributed by atoms with Crippen LogP contribution >= 0.6 is 12.2 Å². The minimum atomic E-state index is 0.592. The molecule has 0 fully saturated rings. The van der Waals surface area contributed by atoms with Gasteiger partial charge in [0, 0.05) is 10.4 Å². The molecule has 0 unspecified atom stereocenters. The first-order valence-electron chi connectivity index (χ1n) is 8.29. The summed E-state index contributed by atoms with van der Waals surface area (Å²) in [5, 5.41) is 0. The number of allylic oxidation sites excluding steroid dienone is 1. The number of ether oxygens (including phenoxy) is 4. The van der Waals surface area contributed by atoms with Crippen LogP contribution in [0, 0.1) is 0 Å². The molecule has 0 aliphatic carbocycles. The van der Waals surface area contributed by atoms with E-state index in [2.05, 4.69) is 0 Å². The summed E-state index contributed by atoms with van der Waals surface area (Å²) >= 11 is 5.52. The standard InChI is InChI=1S/C21H24O4S/c1-6-15-18(22-2)20(24-4)16(21(25-5)19(15)23-3)12-13-17(26)14-10-8-7-9-11-14/h7-13H,6H2,1-5H3. The summed E-state index contributed by atoms with van der Waals surface area (Å²) in [4.78, 5) is 0.715. The van der Waals surface area contributed by atoms with Crippen molar-refractivity contribution in [2.75, 3.05) is 28.4 Å². The molecule has 0 amide bonds. The zero-order valence-electron chi connectivity index (χ0n) is 15.8. The van der Waals surface area contributed by atoms with Crippen LogP contribution in [-0.2, 0) is 6.42 Å². The van der Waals surface area contributed by atoms with Crippen molar-refractivity contribution in [2.45, 2.75) is 13.3 Å². The summed E-state index contributed by atoms with van der Waals surface area (Å²) in [6.07, 6.45) is 4.44. The Bertz CT molecular complexity index is 764. The van der Waals surface area contributed by atoms with Crippen LogP contribution in [0.25, 0.3) is 6.08 Å². The third kappa shape index (κ3) is 3.83. The van der Waals surface area contributed by atoms with Crippen LogP contribution in [0.4, 0.5) is 0 Å². The smallest absolute Gasteiger partial charge is 0.172 e. The lowest BCUT2D eigenvalue weighted by Gasteiger charge is -2.21. The highest BCUT2D eigenvalue weighted by Gasteiger charge is 2.25. The molecule has 0 saturated carbocycles. The lowest BCUT2D eigenvalue weighted by Crippen LogP contribution is -2.04. The third-order valence-corrected chi connectivity index (χ3v) is 4.45. The molecule has 0 atom stereocenters. The van der Waals surface area contributed by atoms with Gasteiger partial charge in [-0.1, -0.05) is 49.5 Å². The number of hydrogen-bond donors (Lipinski definition) is 0. The molecular formula is C21H24O4S. The first-order chi connectivity index (χ1) is 12.6. The highest BCUT2D eigenvalue weighted by Crippen LogP contribution is 2.49. The maximum absolute atomic E-state index is 5.63. The fourth-order valence-electron chi connectivity index (χ4n) is 2.89. The van der Waals surface area contributed by atoms with Crippen LogP contribution in [-0.4, -0.2) is 33.3 Å². The summed E-state index contributed by atoms with van der Waals surface area (Å²) in [7, 11) is 6.45. The van der Waals surface area contributed by atoms with E-state index in [-0.39, 0.29) is 0 Å². The van der Waals surface area contributed by atoms with Gasteiger partial charge in [0.2, 0.25) is 0 Å². The molecule has 0 saturated heterocycles. The highest BCUT2D eigenvalue weighted by molar-refractivity contribution is 7.81. The van der Waals surface area contributed by atoms with E-state index >= 15 is 0 Å². The Hall–Kier alpha value is -2.53. The van der Waals surface area contributed by atoms with Crippen molar-refractivity contribution in [1.29, 1.82) is 0 Å². The van der Waals surface area contributed by atoms with Gasteiger partial charge in [-0.05, 0) is 24.1 Å². The van der Waals surface area contributed by atoms with E-state index < -0.39 is 0 Å². The van der Waals surface area contributed by atoms with Gasteiger partial charge in [-0.2, -0.15) is 0 Å². The summed E-state index contributed by atoms with van der Waals surface area (Å²) in [5.74, 6) is 2.46. The molecule has 0 heterocycles. The largest absolute Gasteiger partial charge is 0.492 e. The van der Waals surface area contributed by atoms with E-state index in [1.807, 2.05) is 49.4 Å². The quantitative estimate of drug-likeness (QED) is 0.381. The molecule has 5 heteroatoms. The van der Waals surface area contributed by atoms with Gasteiger partial charge >= 0.3 is 0 Å². The molecule has 2 rings (SSSR count). The number of hydrogen-bond acceptors (Lipinski definition) is 5. The van der Waals surface area contributed by atoms with Crippen molar-refractivity contribution >= 4 is 23.2 Å². The van der Waals surface area contributed by atoms with E-state index in [0.29, 0.717) is 34.3 Å². The topological polar surface area (TPSA) is 36.9 Å². The second-order valence-corrected chi connectivity index (χ2v) is 5.88. The Labute approximate surface area is 160 Å². The summed E-state index contributed by atoms with van der Waals surface area (Å²) in [5.41, 5.74) is 2.59. The maximum atomic E-state index is 5.63. The van der Waals surface area contributed by atoms with Gasteiger partial charge in [0.25, 0.3) is 0 Å². The van der Waals surface area contributed by atoms with Gasteiger partial charge in [0.15, 0.2) is 23.0 Å². The van der Waals surface area contributed by atoms with E-state index in [9.17, 15) is 0 Å². The second-order valence-electron chi connectivity index (χ2n) is 5.44. The van der Waals surface area contributed by atoms with Gasteiger partial charge in [-0.3, -0.25) is 0 Å². The Balaban J connectivity index is 2.62. The molecule has 0 bridgehead atoms. The monoisotopic (exact) mass is 372 g/mol. The van der Waals surface area contributed by atoms with E-state index in [4.69, 9.17) is 31.2 Å². The zero-order chi connectivity index (χ0) is 19.1. The Morgan fingerprint density at radius 2 is 1.35 bits per heavy atom. The van der Waals surface area contributed by atoms with Gasteiger partial charge < -0.3 is 18.9 Å². The molecule has 138 valence electrons. The van der Waals surface area contributed by atoms with Crippen LogP contribution in [0.5, 0.6) is 23.0 Å². The molecule has 0 aromatic heterocycles. The predicted molar refractivity (Wildman–Crippen MR) is 109 cm³/mol. The first-order valence-corrected chi connectivity index (χ1v) is 8.69. The van der Waals surface area contributed by atoms with Crippen molar-refractivity contribution in [2.24, 2.45) is 0 Å². The minimum absolute atomic E-state index is 0.592. The molecule has 26 heavy (non-hydrogen) atoms. The van der Waals surface area contributed by atoms with Crippen LogP contribution in [0.3, 0.4) is 0 Å². The van der Waals surface area contributed by atoms with Gasteiger partial charge in [0.05, 0.1) is 34.0 Å². The average molecular weight is 372 g/mol. The predicted octanol–water partition coefficient (Wildman–Crippen LogP) is 4.71. The van der Waals surface area contributed by atoms with Crippen LogP contribution in [0.1, 0.15) is 23.6 Å². The third-order valence-electron chi connectivity index (χ3n) is 4.08. The minimum Gasteiger partial charge on any atom is -0.492 e. The number of thiocarbonyl (C=S) groups is 1. The summed E-state index contributed by atoms with van der Waals surface area (Å²) in [6.45, 7) is 2.03. The van der Waals surface area contributed by atoms with E-state index in [1.54, 1.807) is 28.4 Å². The number of methoxy groups -OCH3 is 4. The van der Waals surface area contributed by atoms with Crippen LogP contribution in [0.15, 0.2) is 36.4 Å². The Morgan fingerprint density at radius 3 is 1.77 bits per heavy atom. The van der Waals surface area contributed by atoms with Crippen molar-refractivity contribution < 1.29 is 18.9 Å². The number of rotatable bonds is 8. The lowest BCUT2D eigenvalue weighted by atomic mass is 10.0. The van der Waals surface area contributed by atoms with E-state index in [0.717, 1.165) is 16.7 Å². The molecule has 0 N–H and O–H groups in total. The van der Waals surface area contributed by atoms with Gasteiger partial charge in [-0.15, -0.1) is 0 Å². The summed E-state index contributed by atoms with van der Waals surface area (Å²) < 4.78 is 22.5. The molecule has 2 aromatic rings. The molecule has 0 aliphatic heterocycles. The molecule has 0 aliphatic rings. The van der Waals surface area contributed by atoms with Gasteiger partial charge in [0.1, 0.15) is 0 Å². The molecule has 0 radical (unpaired) electrons. The van der Waals surface area contributed by atoms with Gasteiger partial charge in [-0.25, -0.2) is 0 Å². The SMILES string of the molecule is CCc1c(OC)c(OC)c(C=CC(=S)c2ccccc2)c(OC)c1OC. The Kier molecular flexibility index (Phi) is 7.04. The summed E-state index contributed by atoms with van der Waals surface area (Å²) in [6, 6.07) is 9.82. The number of benzene rings is 2. The lowest BCUT2D eigenvalue weighted by molar-refractivity contribution is 0.323. The fraction of sp³-hybridized carbons (Fsp3) is 0.286. The van der Waals surface area contributed by atoms with Crippen molar-refractivity contribution in [3.8, 4) is 23.0 Å². The average Bonchev–Trinajstić information content (AvgIpc) is 2.70. The van der Waals surface area contributed by atoms with Crippen molar-refractivity contribution in [1.82, 2.24) is 0 Å². The van der Waals surface area contributed by atoms with Crippen molar-refractivity contribution in [3.63, 3.8) is 0 Å². The fourth-order valence-corrected chi connectivity index (χ4v) is 3.10. The maximum Gasteiger partial charge on any atom is 0.172 e. The first kappa shape index (κ1) is 19.8. The molecular weight excluding hydrogens is 348 g/mol. The molecule has 4 nitrogen and oxygen atoms in total. The Morgan fingerprint density at radius 1 is 0.846 bits per heavy atom. The zero-order valence-corrected chi connectivity index (χ0v) is 16.6. The second kappa shape index (κ2) is 9.25. The molecule has 0 spiro atoms. The van der Waals surface area contributed by atoms with E-state index in [1.165, 1.54) is 0 Å². The van der Waals surface area contributed by atoms with Crippen LogP contribution < -0.4 is 18.9 Å². The van der Waals surface area contributed by atoms with Crippen LogP contribution in [0.2, 0.25) is 0 Å².